The van der Waals surface area contributed by atoms with Crippen LogP contribution >= 0.6 is 0 Å². The van der Waals surface area contributed by atoms with E-state index in [2.05, 4.69) is 10.3 Å². The van der Waals surface area contributed by atoms with E-state index >= 15 is 0 Å². The molecule has 110 valence electrons. The van der Waals surface area contributed by atoms with Crippen molar-refractivity contribution in [2.45, 2.75) is 6.92 Å². The Morgan fingerprint density at radius 3 is 2.45 bits per heavy atom. The zero-order chi connectivity index (χ0) is 15.4. The van der Waals surface area contributed by atoms with Crippen molar-refractivity contribution in [3.63, 3.8) is 0 Å². The van der Waals surface area contributed by atoms with Crippen molar-refractivity contribution < 1.29 is 9.53 Å². The molecule has 0 aliphatic carbocycles. The van der Waals surface area contributed by atoms with Crippen LogP contribution in [0.5, 0.6) is 5.75 Å². The van der Waals surface area contributed by atoms with Gasteiger partial charge in [-0.3, -0.25) is 4.79 Å². The van der Waals surface area contributed by atoms with E-state index < -0.39 is 0 Å². The van der Waals surface area contributed by atoms with Gasteiger partial charge < -0.3 is 4.74 Å². The first kappa shape index (κ1) is 14.0. The van der Waals surface area contributed by atoms with Gasteiger partial charge in [-0.1, -0.05) is 35.5 Å². The Morgan fingerprint density at radius 1 is 1.09 bits per heavy atom. The Hall–Kier alpha value is -2.95. The number of aromatic nitrogens is 3. The zero-order valence-corrected chi connectivity index (χ0v) is 12.1. The summed E-state index contributed by atoms with van der Waals surface area (Å²) in [7, 11) is 0. The van der Waals surface area contributed by atoms with E-state index in [9.17, 15) is 4.79 Å². The largest absolute Gasteiger partial charge is 0.494 e. The fourth-order valence-corrected chi connectivity index (χ4v) is 2.27. The number of benzene rings is 2. The minimum atomic E-state index is 0.320. The van der Waals surface area contributed by atoms with Crippen LogP contribution in [0.3, 0.4) is 0 Å². The fourth-order valence-electron chi connectivity index (χ4n) is 2.27. The third-order valence-corrected chi connectivity index (χ3v) is 3.25. The molecule has 0 spiro atoms. The molecular formula is C17H15N3O2. The fraction of sp³-hybridized carbons (Fsp3) is 0.118. The lowest BCUT2D eigenvalue weighted by Gasteiger charge is -2.08. The van der Waals surface area contributed by atoms with E-state index in [1.54, 1.807) is 4.68 Å². The molecular weight excluding hydrogens is 278 g/mol. The number of hydrogen-bond acceptors (Lipinski definition) is 4. The van der Waals surface area contributed by atoms with Crippen LogP contribution in [-0.4, -0.2) is 27.9 Å². The maximum Gasteiger partial charge on any atom is 0.172 e. The highest BCUT2D eigenvalue weighted by Crippen LogP contribution is 2.25. The van der Waals surface area contributed by atoms with Gasteiger partial charge in [-0.2, -0.15) is 0 Å². The summed E-state index contributed by atoms with van der Waals surface area (Å²) in [5.74, 6) is 0.795. The van der Waals surface area contributed by atoms with Gasteiger partial charge in [0.1, 0.15) is 11.4 Å². The number of nitrogens with zero attached hydrogens (tertiary/aromatic N) is 3. The van der Waals surface area contributed by atoms with Crippen LogP contribution in [0.4, 0.5) is 0 Å². The first-order valence-electron chi connectivity index (χ1n) is 7.03. The first-order chi connectivity index (χ1) is 10.8. The van der Waals surface area contributed by atoms with Gasteiger partial charge in [0.05, 0.1) is 12.3 Å². The van der Waals surface area contributed by atoms with E-state index in [4.69, 9.17) is 4.74 Å². The molecule has 0 saturated heterocycles. The lowest BCUT2D eigenvalue weighted by Crippen LogP contribution is -2.00. The Morgan fingerprint density at radius 2 is 1.82 bits per heavy atom. The summed E-state index contributed by atoms with van der Waals surface area (Å²) in [6, 6.07) is 17.1. The van der Waals surface area contributed by atoms with Crippen molar-refractivity contribution >= 4 is 6.29 Å². The molecule has 22 heavy (non-hydrogen) atoms. The minimum absolute atomic E-state index is 0.320. The van der Waals surface area contributed by atoms with Crippen LogP contribution in [0.1, 0.15) is 17.4 Å². The third kappa shape index (κ3) is 2.61. The van der Waals surface area contributed by atoms with E-state index in [1.165, 1.54) is 0 Å². The molecule has 0 fully saturated rings. The summed E-state index contributed by atoms with van der Waals surface area (Å²) < 4.78 is 7.10. The van der Waals surface area contributed by atoms with Crippen LogP contribution in [0.2, 0.25) is 0 Å². The van der Waals surface area contributed by atoms with Crippen LogP contribution in [0.25, 0.3) is 16.9 Å². The molecule has 1 heterocycles. The molecule has 0 aliphatic rings. The lowest BCUT2D eigenvalue weighted by atomic mass is 10.1. The lowest BCUT2D eigenvalue weighted by molar-refractivity contribution is 0.111. The van der Waals surface area contributed by atoms with Crippen LogP contribution in [0.15, 0.2) is 54.6 Å². The summed E-state index contributed by atoms with van der Waals surface area (Å²) in [6.45, 7) is 2.56. The number of carbonyl (C=O) groups excluding carboxylic acids is 1. The van der Waals surface area contributed by atoms with Crippen LogP contribution in [-0.2, 0) is 0 Å². The second-order valence-electron chi connectivity index (χ2n) is 4.65. The van der Waals surface area contributed by atoms with Crippen molar-refractivity contribution in [2.24, 2.45) is 0 Å². The topological polar surface area (TPSA) is 57.0 Å². The molecule has 1 aromatic heterocycles. The second-order valence-corrected chi connectivity index (χ2v) is 4.65. The predicted molar refractivity (Wildman–Crippen MR) is 83.4 cm³/mol. The number of aldehydes is 1. The summed E-state index contributed by atoms with van der Waals surface area (Å²) in [6.07, 6.45) is 0.723. The highest BCUT2D eigenvalue weighted by atomic mass is 16.5. The van der Waals surface area contributed by atoms with Crippen LogP contribution in [0, 0.1) is 0 Å². The minimum Gasteiger partial charge on any atom is -0.494 e. The van der Waals surface area contributed by atoms with Gasteiger partial charge in [0, 0.05) is 5.56 Å². The van der Waals surface area contributed by atoms with E-state index in [-0.39, 0.29) is 0 Å². The maximum absolute atomic E-state index is 11.2. The van der Waals surface area contributed by atoms with Gasteiger partial charge in [-0.25, -0.2) is 4.68 Å². The smallest absolute Gasteiger partial charge is 0.172 e. The van der Waals surface area contributed by atoms with E-state index in [0.29, 0.717) is 18.0 Å². The molecule has 3 aromatic rings. The van der Waals surface area contributed by atoms with Crippen molar-refractivity contribution in [2.75, 3.05) is 6.61 Å². The van der Waals surface area contributed by atoms with Crippen molar-refractivity contribution in [1.29, 1.82) is 0 Å². The van der Waals surface area contributed by atoms with E-state index in [1.807, 2.05) is 61.5 Å². The second kappa shape index (κ2) is 6.22. The highest BCUT2D eigenvalue weighted by Gasteiger charge is 2.15. The van der Waals surface area contributed by atoms with Gasteiger partial charge in [-0.05, 0) is 31.2 Å². The van der Waals surface area contributed by atoms with Crippen molar-refractivity contribution in [1.82, 2.24) is 15.0 Å². The molecule has 0 radical (unpaired) electrons. The average Bonchev–Trinajstić information content (AvgIpc) is 3.00. The van der Waals surface area contributed by atoms with Crippen LogP contribution < -0.4 is 4.74 Å². The quantitative estimate of drug-likeness (QED) is 0.678. The van der Waals surface area contributed by atoms with Crippen molar-refractivity contribution in [3.8, 4) is 22.7 Å². The molecule has 3 rings (SSSR count). The van der Waals surface area contributed by atoms with Gasteiger partial charge in [-0.15, -0.1) is 5.10 Å². The first-order valence-corrected chi connectivity index (χ1v) is 7.03. The Labute approximate surface area is 128 Å². The van der Waals surface area contributed by atoms with Gasteiger partial charge in [0.2, 0.25) is 0 Å². The third-order valence-electron chi connectivity index (χ3n) is 3.25. The molecule has 0 amide bonds. The summed E-state index contributed by atoms with van der Waals surface area (Å²) in [5.41, 5.74) is 2.71. The van der Waals surface area contributed by atoms with Crippen molar-refractivity contribution in [3.05, 3.63) is 60.3 Å². The molecule has 0 aliphatic heterocycles. The molecule has 0 N–H and O–H groups in total. The average molecular weight is 293 g/mol. The van der Waals surface area contributed by atoms with E-state index in [0.717, 1.165) is 23.3 Å². The molecule has 0 saturated carbocycles. The molecule has 0 unspecified atom stereocenters. The number of ether oxygens (including phenoxy) is 1. The van der Waals surface area contributed by atoms with Gasteiger partial charge in [0.25, 0.3) is 0 Å². The number of carbonyl (C=O) groups is 1. The summed E-state index contributed by atoms with van der Waals surface area (Å²) >= 11 is 0. The predicted octanol–water partition coefficient (Wildman–Crippen LogP) is 3.15. The normalized spacial score (nSPS) is 10.4. The molecule has 2 aromatic carbocycles. The number of rotatable bonds is 5. The summed E-state index contributed by atoms with van der Waals surface area (Å²) in [4.78, 5) is 11.2. The molecule has 0 atom stereocenters. The Balaban J connectivity index is 2.08. The highest BCUT2D eigenvalue weighted by molar-refractivity contribution is 5.83. The monoisotopic (exact) mass is 293 g/mol. The molecule has 5 nitrogen and oxygen atoms in total. The Kier molecular flexibility index (Phi) is 3.96. The zero-order valence-electron chi connectivity index (χ0n) is 12.1. The SMILES string of the molecule is CCOc1ccc(-n2nnc(C=O)c2-c2ccccc2)cc1. The molecule has 5 heteroatoms. The molecule has 0 bridgehead atoms. The summed E-state index contributed by atoms with van der Waals surface area (Å²) in [5, 5.41) is 8.06. The van der Waals surface area contributed by atoms with Gasteiger partial charge >= 0.3 is 0 Å². The number of hydrogen-bond donors (Lipinski definition) is 0. The van der Waals surface area contributed by atoms with Gasteiger partial charge in [0.15, 0.2) is 12.0 Å². The standard InChI is InChI=1S/C17H15N3O2/c1-2-22-15-10-8-14(9-11-15)20-17(16(12-21)18-19-20)13-6-4-3-5-7-13/h3-12H,2H2,1H3. The maximum atomic E-state index is 11.2. The Bertz CT molecular complexity index is 764.